The Bertz CT molecular complexity index is 1040. The summed E-state index contributed by atoms with van der Waals surface area (Å²) in [6.07, 6.45) is 4.29. The van der Waals surface area contributed by atoms with Gasteiger partial charge in [-0.25, -0.2) is 4.39 Å². The molecule has 1 atom stereocenters. The molecule has 0 bridgehead atoms. The lowest BCUT2D eigenvalue weighted by molar-refractivity contribution is 0.1000. The van der Waals surface area contributed by atoms with E-state index in [1.54, 1.807) is 0 Å². The van der Waals surface area contributed by atoms with Crippen molar-refractivity contribution in [2.75, 3.05) is 6.54 Å². The van der Waals surface area contributed by atoms with E-state index in [2.05, 4.69) is 38.7 Å². The number of hydrogen-bond donors (Lipinski definition) is 1. The lowest BCUT2D eigenvalue weighted by Crippen LogP contribution is -2.23. The Morgan fingerprint density at radius 3 is 2.70 bits per heavy atom. The first-order valence-corrected chi connectivity index (χ1v) is 11.3. The summed E-state index contributed by atoms with van der Waals surface area (Å²) in [7, 11) is 0. The standard InChI is InChI=1S/C22H22FIN4O2/c23-18-12-16(22(25)29)5-8-21(18)30-17-6-3-15(4-7-17)13-27-10-1-2-20(27)19-9-11-28(14-24)26-19/h3-9,11-12,20H,1-2,10,13-14H2,(H2,25,29)/t20-/m0/s1. The van der Waals surface area contributed by atoms with Crippen molar-refractivity contribution in [3.8, 4) is 11.5 Å². The fourth-order valence-corrected chi connectivity index (χ4v) is 4.11. The maximum Gasteiger partial charge on any atom is 0.248 e. The highest BCUT2D eigenvalue weighted by Gasteiger charge is 2.27. The summed E-state index contributed by atoms with van der Waals surface area (Å²) in [5.74, 6) is -0.714. The number of rotatable bonds is 7. The van der Waals surface area contributed by atoms with Gasteiger partial charge in [0.05, 0.1) is 16.3 Å². The number of ether oxygens (including phenoxy) is 1. The first-order valence-electron chi connectivity index (χ1n) is 9.73. The second kappa shape index (κ2) is 9.13. The molecule has 156 valence electrons. The van der Waals surface area contributed by atoms with Gasteiger partial charge in [0, 0.05) is 18.3 Å². The maximum atomic E-state index is 14.1. The minimum atomic E-state index is -0.675. The number of aromatic nitrogens is 2. The summed E-state index contributed by atoms with van der Waals surface area (Å²) in [4.78, 5) is 13.6. The van der Waals surface area contributed by atoms with Gasteiger partial charge in [-0.3, -0.25) is 14.4 Å². The summed E-state index contributed by atoms with van der Waals surface area (Å²) in [6, 6.07) is 14.0. The SMILES string of the molecule is NC(=O)c1ccc(Oc2ccc(CN3CCC[C@H]3c3ccn(CI)n3)cc2)c(F)c1. The predicted octanol–water partition coefficient (Wildman–Crippen LogP) is 4.64. The second-order valence-corrected chi connectivity index (χ2v) is 7.97. The number of primary amides is 1. The van der Waals surface area contributed by atoms with E-state index < -0.39 is 11.7 Å². The monoisotopic (exact) mass is 520 g/mol. The van der Waals surface area contributed by atoms with Crippen LogP contribution in [0.2, 0.25) is 0 Å². The molecule has 4 rings (SSSR count). The van der Waals surface area contributed by atoms with E-state index in [1.807, 2.05) is 35.1 Å². The number of halogens is 2. The van der Waals surface area contributed by atoms with Gasteiger partial charge in [0.2, 0.25) is 5.91 Å². The fourth-order valence-electron chi connectivity index (χ4n) is 3.73. The quantitative estimate of drug-likeness (QED) is 0.364. The summed E-state index contributed by atoms with van der Waals surface area (Å²) in [6.45, 7) is 1.86. The van der Waals surface area contributed by atoms with Gasteiger partial charge in [0.25, 0.3) is 0 Å². The minimum Gasteiger partial charge on any atom is -0.454 e. The molecule has 2 N–H and O–H groups in total. The molecule has 0 aliphatic carbocycles. The van der Waals surface area contributed by atoms with Crippen LogP contribution in [-0.2, 0) is 11.1 Å². The average molecular weight is 520 g/mol. The number of carbonyl (C=O) groups is 1. The zero-order valence-electron chi connectivity index (χ0n) is 16.3. The molecule has 8 heteroatoms. The van der Waals surface area contributed by atoms with Crippen molar-refractivity contribution in [2.24, 2.45) is 5.73 Å². The third kappa shape index (κ3) is 4.65. The smallest absolute Gasteiger partial charge is 0.248 e. The van der Waals surface area contributed by atoms with Gasteiger partial charge >= 0.3 is 0 Å². The largest absolute Gasteiger partial charge is 0.454 e. The molecule has 1 saturated heterocycles. The molecule has 0 spiro atoms. The van der Waals surface area contributed by atoms with Gasteiger partial charge < -0.3 is 10.5 Å². The van der Waals surface area contributed by atoms with Crippen molar-refractivity contribution in [2.45, 2.75) is 30.0 Å². The van der Waals surface area contributed by atoms with Crippen LogP contribution >= 0.6 is 22.6 Å². The Balaban J connectivity index is 1.41. The molecule has 1 aromatic heterocycles. The molecule has 30 heavy (non-hydrogen) atoms. The van der Waals surface area contributed by atoms with E-state index in [9.17, 15) is 9.18 Å². The van der Waals surface area contributed by atoms with Crippen LogP contribution in [0, 0.1) is 5.82 Å². The van der Waals surface area contributed by atoms with E-state index >= 15 is 0 Å². The molecule has 2 aromatic carbocycles. The number of amides is 1. The van der Waals surface area contributed by atoms with Crippen molar-refractivity contribution >= 4 is 28.5 Å². The van der Waals surface area contributed by atoms with Crippen LogP contribution in [0.1, 0.15) is 40.5 Å². The number of carbonyl (C=O) groups excluding carboxylic acids is 1. The number of benzene rings is 2. The van der Waals surface area contributed by atoms with E-state index in [4.69, 9.17) is 10.5 Å². The Hall–Kier alpha value is -2.46. The third-order valence-corrected chi connectivity index (χ3v) is 5.94. The maximum absolute atomic E-state index is 14.1. The molecule has 1 aliphatic heterocycles. The molecule has 1 amide bonds. The fraction of sp³-hybridized carbons (Fsp3) is 0.273. The number of alkyl halides is 1. The number of nitrogens with zero attached hydrogens (tertiary/aromatic N) is 3. The number of hydrogen-bond acceptors (Lipinski definition) is 4. The Morgan fingerprint density at radius 2 is 2.03 bits per heavy atom. The molecule has 0 saturated carbocycles. The van der Waals surface area contributed by atoms with Gasteiger partial charge in [-0.2, -0.15) is 5.10 Å². The summed E-state index contributed by atoms with van der Waals surface area (Å²) < 4.78 is 22.5. The van der Waals surface area contributed by atoms with Crippen LogP contribution in [0.15, 0.2) is 54.7 Å². The minimum absolute atomic E-state index is 0.0539. The highest BCUT2D eigenvalue weighted by Crippen LogP contribution is 2.33. The van der Waals surface area contributed by atoms with Gasteiger partial charge in [-0.15, -0.1) is 0 Å². The van der Waals surface area contributed by atoms with Gasteiger partial charge in [0.15, 0.2) is 11.6 Å². The average Bonchev–Trinajstić information content (AvgIpc) is 3.39. The van der Waals surface area contributed by atoms with Crippen molar-refractivity contribution < 1.29 is 13.9 Å². The third-order valence-electron chi connectivity index (χ3n) is 5.24. The Morgan fingerprint density at radius 1 is 1.23 bits per heavy atom. The number of likely N-dealkylation sites (tertiary alicyclic amines) is 1. The van der Waals surface area contributed by atoms with Crippen LogP contribution in [0.4, 0.5) is 4.39 Å². The van der Waals surface area contributed by atoms with Gasteiger partial charge in [-0.1, -0.05) is 34.7 Å². The van der Waals surface area contributed by atoms with E-state index in [-0.39, 0.29) is 11.3 Å². The number of nitrogens with two attached hydrogens (primary N) is 1. The molecular formula is C22H22FIN4O2. The molecule has 1 aliphatic rings. The Kier molecular flexibility index (Phi) is 6.33. The van der Waals surface area contributed by atoms with Crippen molar-refractivity contribution in [1.82, 2.24) is 14.7 Å². The summed E-state index contributed by atoms with van der Waals surface area (Å²) in [5, 5.41) is 4.67. The normalized spacial score (nSPS) is 16.7. The zero-order chi connectivity index (χ0) is 21.1. The lowest BCUT2D eigenvalue weighted by Gasteiger charge is -2.23. The van der Waals surface area contributed by atoms with Gasteiger partial charge in [0.1, 0.15) is 5.75 Å². The van der Waals surface area contributed by atoms with Crippen LogP contribution < -0.4 is 10.5 Å². The summed E-state index contributed by atoms with van der Waals surface area (Å²) >= 11 is 2.30. The second-order valence-electron chi connectivity index (χ2n) is 7.28. The first kappa shape index (κ1) is 20.8. The first-order chi connectivity index (χ1) is 14.5. The molecule has 1 fully saturated rings. The van der Waals surface area contributed by atoms with E-state index in [1.165, 1.54) is 12.1 Å². The highest BCUT2D eigenvalue weighted by molar-refractivity contribution is 14.1. The van der Waals surface area contributed by atoms with Crippen molar-refractivity contribution in [1.29, 1.82) is 0 Å². The molecule has 3 aromatic rings. The lowest BCUT2D eigenvalue weighted by atomic mass is 10.1. The molecule has 0 unspecified atom stereocenters. The highest BCUT2D eigenvalue weighted by atomic mass is 127. The van der Waals surface area contributed by atoms with Gasteiger partial charge in [-0.05, 0) is 61.3 Å². The molecular weight excluding hydrogens is 498 g/mol. The van der Waals surface area contributed by atoms with Crippen LogP contribution in [-0.4, -0.2) is 27.1 Å². The van der Waals surface area contributed by atoms with Crippen molar-refractivity contribution in [3.05, 3.63) is 77.4 Å². The Labute approximate surface area is 188 Å². The van der Waals surface area contributed by atoms with Crippen LogP contribution in [0.5, 0.6) is 11.5 Å². The van der Waals surface area contributed by atoms with Crippen molar-refractivity contribution in [3.63, 3.8) is 0 Å². The van der Waals surface area contributed by atoms with E-state index in [0.29, 0.717) is 11.8 Å². The predicted molar refractivity (Wildman–Crippen MR) is 120 cm³/mol. The van der Waals surface area contributed by atoms with Crippen LogP contribution in [0.3, 0.4) is 0 Å². The zero-order valence-corrected chi connectivity index (χ0v) is 18.5. The molecule has 2 heterocycles. The molecule has 6 nitrogen and oxygen atoms in total. The van der Waals surface area contributed by atoms with Crippen LogP contribution in [0.25, 0.3) is 0 Å². The molecule has 0 radical (unpaired) electrons. The van der Waals surface area contributed by atoms with E-state index in [0.717, 1.165) is 47.8 Å². The topological polar surface area (TPSA) is 73.4 Å². The summed E-state index contributed by atoms with van der Waals surface area (Å²) in [5.41, 5.74) is 7.56.